The van der Waals surface area contributed by atoms with Crippen LogP contribution in [0.15, 0.2) is 40.9 Å². The van der Waals surface area contributed by atoms with Gasteiger partial charge in [-0.3, -0.25) is 4.68 Å². The van der Waals surface area contributed by atoms with E-state index in [2.05, 4.69) is 15.2 Å². The van der Waals surface area contributed by atoms with Gasteiger partial charge in [-0.2, -0.15) is 5.10 Å². The maximum atomic E-state index is 11.5. The van der Waals surface area contributed by atoms with Crippen LogP contribution < -0.4 is 4.74 Å². The van der Waals surface area contributed by atoms with Crippen LogP contribution in [0.2, 0.25) is 15.2 Å². The number of aromatic carboxylic acids is 1. The Hall–Kier alpha value is -3.11. The second-order valence-electron chi connectivity index (χ2n) is 11.0. The van der Waals surface area contributed by atoms with E-state index in [0.717, 1.165) is 29.9 Å². The summed E-state index contributed by atoms with van der Waals surface area (Å²) in [4.78, 5) is 15.9. The minimum absolute atomic E-state index is 0.0111. The van der Waals surface area contributed by atoms with Crippen LogP contribution in [0.25, 0.3) is 11.3 Å². The van der Waals surface area contributed by atoms with Gasteiger partial charge in [0.05, 0.1) is 21.2 Å². The van der Waals surface area contributed by atoms with Gasteiger partial charge in [0.25, 0.3) is 0 Å². The number of carbonyl (C=O) groups is 1. The second kappa shape index (κ2) is 10.6. The van der Waals surface area contributed by atoms with E-state index in [1.807, 2.05) is 13.8 Å². The van der Waals surface area contributed by atoms with Gasteiger partial charge in [0, 0.05) is 40.8 Å². The number of pyridine rings is 1. The Balaban J connectivity index is 1.20. The van der Waals surface area contributed by atoms with Gasteiger partial charge in [0.15, 0.2) is 5.69 Å². The topological polar surface area (TPSA) is 124 Å². The molecule has 9 nitrogen and oxygen atoms in total. The van der Waals surface area contributed by atoms with Gasteiger partial charge >= 0.3 is 5.97 Å². The van der Waals surface area contributed by atoms with Crippen molar-refractivity contribution in [2.24, 2.45) is 0 Å². The first-order valence-corrected chi connectivity index (χ1v) is 14.5. The molecule has 2 saturated carbocycles. The molecule has 2 fully saturated rings. The highest BCUT2D eigenvalue weighted by molar-refractivity contribution is 6.39. The quantitative estimate of drug-likeness (QED) is 0.186. The van der Waals surface area contributed by atoms with Crippen LogP contribution in [-0.4, -0.2) is 36.1 Å². The van der Waals surface area contributed by atoms with Crippen molar-refractivity contribution in [2.45, 2.75) is 69.6 Å². The first kappa shape index (κ1) is 28.0. The Morgan fingerprint density at radius 1 is 1.15 bits per heavy atom. The number of carboxylic acid groups (broad SMARTS) is 1. The zero-order valence-electron chi connectivity index (χ0n) is 22.3. The van der Waals surface area contributed by atoms with Gasteiger partial charge in [0.2, 0.25) is 5.88 Å². The summed E-state index contributed by atoms with van der Waals surface area (Å²) in [5.74, 6) is 0.149. The first-order valence-electron chi connectivity index (χ1n) is 13.3. The third kappa shape index (κ3) is 5.20. The van der Waals surface area contributed by atoms with Crippen molar-refractivity contribution in [3.8, 4) is 17.1 Å². The number of hydrogen-bond acceptors (Lipinski definition) is 7. The lowest BCUT2D eigenvalue weighted by atomic mass is 9.66. The van der Waals surface area contributed by atoms with E-state index in [-0.39, 0.29) is 41.2 Å². The Morgan fingerprint density at radius 3 is 2.46 bits per heavy atom. The molecular weight excluding hydrogens is 591 g/mol. The fourth-order valence-electron chi connectivity index (χ4n) is 5.46. The lowest BCUT2D eigenvalue weighted by molar-refractivity contribution is -0.0572. The third-order valence-corrected chi connectivity index (χ3v) is 8.63. The van der Waals surface area contributed by atoms with Gasteiger partial charge < -0.3 is 19.5 Å². The summed E-state index contributed by atoms with van der Waals surface area (Å²) >= 11 is 19.5. The number of aliphatic hydroxyl groups is 1. The van der Waals surface area contributed by atoms with Crippen molar-refractivity contribution in [3.63, 3.8) is 0 Å². The number of rotatable bonds is 9. The summed E-state index contributed by atoms with van der Waals surface area (Å²) in [7, 11) is 0. The fraction of sp³-hybridized carbons (Fsp3) is 0.379. The van der Waals surface area contributed by atoms with Gasteiger partial charge in [-0.25, -0.2) is 9.78 Å². The van der Waals surface area contributed by atoms with Crippen LogP contribution in [0, 0.1) is 0 Å². The maximum Gasteiger partial charge on any atom is 0.356 e. The normalized spacial score (nSPS) is 20.3. The van der Waals surface area contributed by atoms with Gasteiger partial charge in [-0.05, 0) is 63.8 Å². The molecule has 0 radical (unpaired) electrons. The van der Waals surface area contributed by atoms with Crippen LogP contribution >= 0.6 is 34.8 Å². The van der Waals surface area contributed by atoms with E-state index in [1.165, 1.54) is 0 Å². The highest BCUT2D eigenvalue weighted by atomic mass is 35.5. The number of nitrogens with zero attached hydrogens (tertiary/aromatic N) is 4. The number of aromatic nitrogens is 4. The van der Waals surface area contributed by atoms with Gasteiger partial charge in [-0.1, -0.05) is 46.0 Å². The molecule has 2 N–H and O–H groups in total. The molecular formula is C29H27Cl3N4O5. The minimum Gasteiger partial charge on any atom is -0.476 e. The number of ether oxygens (including phenoxy) is 1. The summed E-state index contributed by atoms with van der Waals surface area (Å²) in [6.07, 6.45) is 2.73. The summed E-state index contributed by atoms with van der Waals surface area (Å²) in [6.45, 7) is 3.99. The van der Waals surface area contributed by atoms with Crippen LogP contribution in [0.5, 0.6) is 5.88 Å². The first-order chi connectivity index (χ1) is 19.6. The Kier molecular flexibility index (Phi) is 7.26. The molecule has 0 spiro atoms. The van der Waals surface area contributed by atoms with Crippen LogP contribution in [-0.2, 0) is 12.2 Å². The van der Waals surface area contributed by atoms with E-state index in [1.54, 1.807) is 41.1 Å². The van der Waals surface area contributed by atoms with Crippen molar-refractivity contribution in [1.29, 1.82) is 0 Å². The number of carboxylic acids is 1. The largest absolute Gasteiger partial charge is 0.476 e. The summed E-state index contributed by atoms with van der Waals surface area (Å²) < 4.78 is 13.4. The van der Waals surface area contributed by atoms with E-state index in [0.29, 0.717) is 39.7 Å². The smallest absolute Gasteiger partial charge is 0.356 e. The highest BCUT2D eigenvalue weighted by Crippen LogP contribution is 2.53. The summed E-state index contributed by atoms with van der Waals surface area (Å²) in [6, 6.07) is 10.2. The summed E-state index contributed by atoms with van der Waals surface area (Å²) in [5, 5.41) is 30.3. The lowest BCUT2D eigenvalue weighted by Gasteiger charge is -2.44. The van der Waals surface area contributed by atoms with E-state index in [9.17, 15) is 15.0 Å². The van der Waals surface area contributed by atoms with E-state index in [4.69, 9.17) is 44.1 Å². The predicted molar refractivity (Wildman–Crippen MR) is 153 cm³/mol. The molecule has 2 aliphatic carbocycles. The Bertz CT molecular complexity index is 1620. The minimum atomic E-state index is -1.20. The molecule has 12 heteroatoms. The molecule has 41 heavy (non-hydrogen) atoms. The second-order valence-corrected chi connectivity index (χ2v) is 12.1. The SMILES string of the molecule is CC(C)n1nc(C(=O)O)cc1C1CC(O)(c2ccc(OCc3c(-c4c(Cl)cccc4Cl)noc3C3CC3)nc2Cl)C1. The predicted octanol–water partition coefficient (Wildman–Crippen LogP) is 7.39. The molecule has 4 aromatic rings. The van der Waals surface area contributed by atoms with Crippen molar-refractivity contribution in [1.82, 2.24) is 19.9 Å². The van der Waals surface area contributed by atoms with Crippen LogP contribution in [0.1, 0.15) is 90.5 Å². The molecule has 3 aromatic heterocycles. The van der Waals surface area contributed by atoms with Crippen LogP contribution in [0.4, 0.5) is 0 Å². The van der Waals surface area contributed by atoms with Crippen molar-refractivity contribution in [2.75, 3.05) is 0 Å². The van der Waals surface area contributed by atoms with Gasteiger partial charge in [-0.15, -0.1) is 0 Å². The molecule has 0 aliphatic heterocycles. The molecule has 2 aliphatic rings. The molecule has 6 rings (SSSR count). The van der Waals surface area contributed by atoms with Crippen LogP contribution in [0.3, 0.4) is 0 Å². The fourth-order valence-corrected chi connectivity index (χ4v) is 6.35. The maximum absolute atomic E-state index is 11.5. The molecule has 0 atom stereocenters. The lowest BCUT2D eigenvalue weighted by Crippen LogP contribution is -2.41. The molecule has 3 heterocycles. The molecule has 0 amide bonds. The van der Waals surface area contributed by atoms with Crippen molar-refractivity contribution < 1.29 is 24.3 Å². The van der Waals surface area contributed by atoms with Crippen molar-refractivity contribution >= 4 is 40.8 Å². The molecule has 0 saturated heterocycles. The highest BCUT2D eigenvalue weighted by Gasteiger charge is 2.47. The molecule has 0 bridgehead atoms. The number of benzene rings is 1. The Labute approximate surface area is 251 Å². The molecule has 0 unspecified atom stereocenters. The standard InChI is InChI=1S/C29H27Cl3N4O5/c1-14(2)36-22(10-21(34-36)28(37)38)16-11-29(39,12-16)18-8-9-23(33-27(18)32)40-13-17-25(35-41-26(17)15-6-7-15)24-19(30)4-3-5-20(24)31/h3-5,8-10,14-16,39H,6-7,11-13H2,1-2H3,(H,37,38). The molecule has 214 valence electrons. The average molecular weight is 618 g/mol. The molecule has 1 aromatic carbocycles. The zero-order valence-corrected chi connectivity index (χ0v) is 24.5. The van der Waals surface area contributed by atoms with Crippen molar-refractivity contribution in [3.05, 3.63) is 79.9 Å². The monoisotopic (exact) mass is 616 g/mol. The zero-order chi connectivity index (χ0) is 29.1. The number of halogens is 3. The number of hydrogen-bond donors (Lipinski definition) is 2. The summed E-state index contributed by atoms with van der Waals surface area (Å²) in [5.41, 5.74) is 1.93. The van der Waals surface area contributed by atoms with E-state index >= 15 is 0 Å². The average Bonchev–Trinajstić information content (AvgIpc) is 3.50. The third-order valence-electron chi connectivity index (χ3n) is 7.71. The van der Waals surface area contributed by atoms with E-state index < -0.39 is 11.6 Å². The van der Waals surface area contributed by atoms with Gasteiger partial charge in [0.1, 0.15) is 23.2 Å². The Morgan fingerprint density at radius 2 is 1.85 bits per heavy atom.